The van der Waals surface area contributed by atoms with Gasteiger partial charge in [0.2, 0.25) is 0 Å². The second kappa shape index (κ2) is 5.64. The molecule has 2 aromatic rings. The van der Waals surface area contributed by atoms with E-state index < -0.39 is 10.8 Å². The molecule has 0 aliphatic rings. The average Bonchev–Trinajstić information content (AvgIpc) is 2.78. The zero-order chi connectivity index (χ0) is 14.0. The molecule has 2 rings (SSSR count). The van der Waals surface area contributed by atoms with Gasteiger partial charge in [-0.1, -0.05) is 6.92 Å². The lowest BCUT2D eigenvalue weighted by atomic mass is 10.3. The number of nitrogens with zero attached hydrogens (tertiary/aromatic N) is 5. The van der Waals surface area contributed by atoms with Gasteiger partial charge < -0.3 is 4.90 Å². The standard InChI is InChI=1S/C12H19N5OS/c1-5-10-13-14-11-6-7-12(15-17(10)11)16(3)9(2)8-19(4)18/h6-7,9H,5,8H2,1-4H3/t9-,19+/m0/s1. The highest BCUT2D eigenvalue weighted by atomic mass is 32.2. The number of fused-ring (bicyclic) bond motifs is 1. The van der Waals surface area contributed by atoms with Crippen molar-refractivity contribution in [2.75, 3.05) is 24.0 Å². The predicted molar refractivity (Wildman–Crippen MR) is 77.0 cm³/mol. The third-order valence-electron chi connectivity index (χ3n) is 3.13. The summed E-state index contributed by atoms with van der Waals surface area (Å²) in [5, 5.41) is 12.7. The van der Waals surface area contributed by atoms with E-state index in [4.69, 9.17) is 0 Å². The monoisotopic (exact) mass is 281 g/mol. The number of anilines is 1. The summed E-state index contributed by atoms with van der Waals surface area (Å²) in [6.07, 6.45) is 2.51. The Hall–Kier alpha value is -1.50. The molecule has 0 radical (unpaired) electrons. The van der Waals surface area contributed by atoms with E-state index in [1.807, 2.05) is 37.9 Å². The second-order valence-electron chi connectivity index (χ2n) is 4.63. The molecule has 6 nitrogen and oxygen atoms in total. The van der Waals surface area contributed by atoms with Gasteiger partial charge in [-0.3, -0.25) is 4.21 Å². The van der Waals surface area contributed by atoms with Gasteiger partial charge in [0.05, 0.1) is 0 Å². The molecule has 0 aliphatic carbocycles. The van der Waals surface area contributed by atoms with Gasteiger partial charge >= 0.3 is 0 Å². The summed E-state index contributed by atoms with van der Waals surface area (Å²) in [5.74, 6) is 2.30. The lowest BCUT2D eigenvalue weighted by molar-refractivity contribution is 0.671. The van der Waals surface area contributed by atoms with Crippen molar-refractivity contribution in [1.29, 1.82) is 0 Å². The van der Waals surface area contributed by atoms with Crippen molar-refractivity contribution in [3.63, 3.8) is 0 Å². The van der Waals surface area contributed by atoms with Gasteiger partial charge in [0.15, 0.2) is 11.5 Å². The quantitative estimate of drug-likeness (QED) is 0.814. The molecular formula is C12H19N5OS. The molecule has 0 amide bonds. The van der Waals surface area contributed by atoms with Crippen molar-refractivity contribution in [2.45, 2.75) is 26.3 Å². The molecule has 104 valence electrons. The summed E-state index contributed by atoms with van der Waals surface area (Å²) >= 11 is 0. The Kier molecular flexibility index (Phi) is 4.14. The fraction of sp³-hybridized carbons (Fsp3) is 0.583. The number of hydrogen-bond acceptors (Lipinski definition) is 5. The summed E-state index contributed by atoms with van der Waals surface area (Å²) in [4.78, 5) is 2.03. The molecule has 0 unspecified atom stereocenters. The molecule has 0 aromatic carbocycles. The van der Waals surface area contributed by atoms with E-state index in [1.54, 1.807) is 10.8 Å². The Morgan fingerprint density at radius 2 is 2.16 bits per heavy atom. The zero-order valence-electron chi connectivity index (χ0n) is 11.7. The van der Waals surface area contributed by atoms with Crippen molar-refractivity contribution in [3.05, 3.63) is 18.0 Å². The minimum Gasteiger partial charge on any atom is -0.355 e. The Labute approximate surface area is 115 Å². The first-order valence-electron chi connectivity index (χ1n) is 6.27. The molecule has 0 fully saturated rings. The Morgan fingerprint density at radius 1 is 1.42 bits per heavy atom. The second-order valence-corrected chi connectivity index (χ2v) is 6.11. The van der Waals surface area contributed by atoms with Gasteiger partial charge in [0.25, 0.3) is 0 Å². The van der Waals surface area contributed by atoms with Crippen LogP contribution in [0.25, 0.3) is 5.65 Å². The summed E-state index contributed by atoms with van der Waals surface area (Å²) in [5.41, 5.74) is 0.751. The van der Waals surface area contributed by atoms with Gasteiger partial charge in [0.1, 0.15) is 5.82 Å². The fourth-order valence-corrected chi connectivity index (χ4v) is 2.81. The molecule has 0 saturated carbocycles. The van der Waals surface area contributed by atoms with Crippen LogP contribution >= 0.6 is 0 Å². The molecule has 0 bridgehead atoms. The van der Waals surface area contributed by atoms with E-state index in [0.717, 1.165) is 23.7 Å². The highest BCUT2D eigenvalue weighted by Gasteiger charge is 2.14. The van der Waals surface area contributed by atoms with Crippen LogP contribution in [0.5, 0.6) is 0 Å². The van der Waals surface area contributed by atoms with E-state index in [9.17, 15) is 4.21 Å². The Balaban J connectivity index is 2.31. The van der Waals surface area contributed by atoms with E-state index in [1.165, 1.54) is 0 Å². The molecule has 0 spiro atoms. The van der Waals surface area contributed by atoms with Crippen LogP contribution in [0.4, 0.5) is 5.82 Å². The minimum absolute atomic E-state index is 0.164. The van der Waals surface area contributed by atoms with E-state index in [2.05, 4.69) is 15.3 Å². The molecule has 2 heterocycles. The van der Waals surface area contributed by atoms with Crippen LogP contribution in [0.3, 0.4) is 0 Å². The maximum atomic E-state index is 11.3. The molecule has 0 saturated heterocycles. The van der Waals surface area contributed by atoms with Crippen LogP contribution in [0, 0.1) is 0 Å². The smallest absolute Gasteiger partial charge is 0.178 e. The lowest BCUT2D eigenvalue weighted by Gasteiger charge is -2.25. The first-order valence-corrected chi connectivity index (χ1v) is 7.99. The maximum Gasteiger partial charge on any atom is 0.178 e. The van der Waals surface area contributed by atoms with Crippen LogP contribution in [-0.4, -0.2) is 49.1 Å². The van der Waals surface area contributed by atoms with E-state index >= 15 is 0 Å². The van der Waals surface area contributed by atoms with Gasteiger partial charge in [-0.2, -0.15) is 4.52 Å². The molecule has 19 heavy (non-hydrogen) atoms. The molecule has 7 heteroatoms. The van der Waals surface area contributed by atoms with Crippen LogP contribution < -0.4 is 4.90 Å². The van der Waals surface area contributed by atoms with E-state index in [-0.39, 0.29) is 6.04 Å². The van der Waals surface area contributed by atoms with Crippen LogP contribution in [0.15, 0.2) is 12.1 Å². The average molecular weight is 281 g/mol. The van der Waals surface area contributed by atoms with Crippen LogP contribution in [0.2, 0.25) is 0 Å². The van der Waals surface area contributed by atoms with Gasteiger partial charge in [-0.15, -0.1) is 15.3 Å². The Morgan fingerprint density at radius 3 is 2.79 bits per heavy atom. The highest BCUT2D eigenvalue weighted by Crippen LogP contribution is 2.14. The maximum absolute atomic E-state index is 11.3. The highest BCUT2D eigenvalue weighted by molar-refractivity contribution is 7.84. The number of aryl methyl sites for hydroxylation is 1. The first-order chi connectivity index (χ1) is 9.02. The molecule has 0 aliphatic heterocycles. The van der Waals surface area contributed by atoms with Gasteiger partial charge in [-0.25, -0.2) is 0 Å². The van der Waals surface area contributed by atoms with Gasteiger partial charge in [-0.05, 0) is 19.1 Å². The summed E-state index contributed by atoms with van der Waals surface area (Å²) in [6.45, 7) is 4.07. The normalized spacial score (nSPS) is 14.5. The molecule has 2 aromatic heterocycles. The molecular weight excluding hydrogens is 262 g/mol. The minimum atomic E-state index is -0.816. The van der Waals surface area contributed by atoms with Crippen molar-refractivity contribution < 1.29 is 4.21 Å². The van der Waals surface area contributed by atoms with Crippen LogP contribution in [-0.2, 0) is 17.2 Å². The topological polar surface area (TPSA) is 63.4 Å². The third kappa shape index (κ3) is 2.91. The van der Waals surface area contributed by atoms with Crippen LogP contribution in [0.1, 0.15) is 19.7 Å². The fourth-order valence-electron chi connectivity index (χ4n) is 1.91. The van der Waals surface area contributed by atoms with Crippen molar-refractivity contribution in [2.24, 2.45) is 0 Å². The Bertz CT molecular complexity index is 597. The molecule has 2 atom stereocenters. The summed E-state index contributed by atoms with van der Waals surface area (Å²) in [7, 11) is 1.14. The van der Waals surface area contributed by atoms with Crippen molar-refractivity contribution in [3.8, 4) is 0 Å². The van der Waals surface area contributed by atoms with Crippen molar-refractivity contribution in [1.82, 2.24) is 19.8 Å². The number of aromatic nitrogens is 4. The predicted octanol–water partition coefficient (Wildman–Crippen LogP) is 0.890. The number of hydrogen-bond donors (Lipinski definition) is 0. The van der Waals surface area contributed by atoms with Gasteiger partial charge in [0, 0.05) is 42.3 Å². The number of rotatable bonds is 5. The van der Waals surface area contributed by atoms with Crippen molar-refractivity contribution >= 4 is 22.3 Å². The molecule has 0 N–H and O–H groups in total. The summed E-state index contributed by atoms with van der Waals surface area (Å²) in [6, 6.07) is 3.98. The zero-order valence-corrected chi connectivity index (χ0v) is 12.5. The summed E-state index contributed by atoms with van der Waals surface area (Å²) < 4.78 is 13.1. The lowest BCUT2D eigenvalue weighted by Crippen LogP contribution is -2.34. The SMILES string of the molecule is CCc1nnc2ccc(N(C)[C@@H](C)C[S@@](C)=O)nn12. The first kappa shape index (κ1) is 13.9. The third-order valence-corrected chi connectivity index (χ3v) is 4.08. The van der Waals surface area contributed by atoms with E-state index in [0.29, 0.717) is 5.75 Å². The largest absolute Gasteiger partial charge is 0.355 e.